The Hall–Kier alpha value is -3.12. The van der Waals surface area contributed by atoms with Crippen LogP contribution in [-0.2, 0) is 9.53 Å². The molecule has 0 fully saturated rings. The molecule has 0 spiro atoms. The van der Waals surface area contributed by atoms with Crippen molar-refractivity contribution in [1.82, 2.24) is 0 Å². The van der Waals surface area contributed by atoms with Crippen LogP contribution in [0.15, 0.2) is 46.9 Å². The van der Waals surface area contributed by atoms with Crippen molar-refractivity contribution in [3.05, 3.63) is 64.4 Å². The highest BCUT2D eigenvalue weighted by Crippen LogP contribution is 2.28. The van der Waals surface area contributed by atoms with Gasteiger partial charge in [-0.05, 0) is 51.1 Å². The fourth-order valence-electron chi connectivity index (χ4n) is 2.72. The molecule has 1 aromatic heterocycles. The first-order chi connectivity index (χ1) is 13.3. The summed E-state index contributed by atoms with van der Waals surface area (Å²) in [6.07, 6.45) is -1.07. The van der Waals surface area contributed by atoms with Gasteiger partial charge in [-0.15, -0.1) is 0 Å². The minimum atomic E-state index is -1.07. The average Bonchev–Trinajstić information content (AvgIpc) is 2.98. The number of carbonyl (C=O) groups is 3. The molecule has 1 heterocycles. The van der Waals surface area contributed by atoms with Crippen LogP contribution in [0, 0.1) is 6.92 Å². The van der Waals surface area contributed by atoms with Crippen molar-refractivity contribution in [2.24, 2.45) is 0 Å². The van der Waals surface area contributed by atoms with Gasteiger partial charge in [-0.25, -0.2) is 4.79 Å². The third-order valence-corrected chi connectivity index (χ3v) is 4.51. The molecule has 1 atom stereocenters. The van der Waals surface area contributed by atoms with Gasteiger partial charge in [0.05, 0.1) is 0 Å². The van der Waals surface area contributed by atoms with Gasteiger partial charge in [0.2, 0.25) is 5.76 Å². The molecule has 0 aliphatic heterocycles. The van der Waals surface area contributed by atoms with Gasteiger partial charge in [-0.1, -0.05) is 23.7 Å². The normalized spacial score (nSPS) is 11.9. The molecule has 0 bridgehead atoms. The van der Waals surface area contributed by atoms with E-state index in [4.69, 9.17) is 20.8 Å². The predicted molar refractivity (Wildman–Crippen MR) is 106 cm³/mol. The third kappa shape index (κ3) is 4.07. The van der Waals surface area contributed by atoms with E-state index in [0.29, 0.717) is 32.8 Å². The highest BCUT2D eigenvalue weighted by Gasteiger charge is 2.24. The minimum absolute atomic E-state index is 0.0236. The van der Waals surface area contributed by atoms with Crippen LogP contribution in [0.25, 0.3) is 11.0 Å². The number of esters is 1. The van der Waals surface area contributed by atoms with E-state index in [1.54, 1.807) is 49.4 Å². The van der Waals surface area contributed by atoms with E-state index in [1.807, 2.05) is 0 Å². The van der Waals surface area contributed by atoms with Gasteiger partial charge in [0.25, 0.3) is 5.91 Å². The molecule has 0 aliphatic rings. The van der Waals surface area contributed by atoms with E-state index < -0.39 is 18.0 Å². The summed E-state index contributed by atoms with van der Waals surface area (Å²) < 4.78 is 10.8. The van der Waals surface area contributed by atoms with Crippen molar-refractivity contribution in [2.45, 2.75) is 26.9 Å². The molecule has 7 heteroatoms. The van der Waals surface area contributed by atoms with Crippen LogP contribution in [0.2, 0.25) is 5.02 Å². The van der Waals surface area contributed by atoms with Crippen LogP contribution in [0.1, 0.15) is 40.3 Å². The Morgan fingerprint density at radius 1 is 1.14 bits per heavy atom. The summed E-state index contributed by atoms with van der Waals surface area (Å²) in [7, 11) is 0. The number of carbonyl (C=O) groups excluding carboxylic acids is 3. The first kappa shape index (κ1) is 19.6. The van der Waals surface area contributed by atoms with Crippen molar-refractivity contribution < 1.29 is 23.5 Å². The van der Waals surface area contributed by atoms with E-state index in [0.717, 1.165) is 0 Å². The molecular weight excluding hydrogens is 382 g/mol. The Balaban J connectivity index is 1.72. The maximum Gasteiger partial charge on any atom is 0.375 e. The number of Topliss-reactive ketones (excluding diaryl/α,β-unsaturated/α-hetero) is 1. The standard InChI is InChI=1S/C21H18ClNO5/c1-11-17-10-15(22)7-8-18(17)28-19(11)21(26)27-13(3)20(25)23-16-6-4-5-14(9-16)12(2)24/h4-10,13H,1-3H3,(H,23,25). The van der Waals surface area contributed by atoms with Crippen molar-refractivity contribution >= 4 is 45.9 Å². The van der Waals surface area contributed by atoms with Crippen LogP contribution in [0.3, 0.4) is 0 Å². The largest absolute Gasteiger partial charge is 0.449 e. The van der Waals surface area contributed by atoms with E-state index >= 15 is 0 Å². The van der Waals surface area contributed by atoms with Gasteiger partial charge in [-0.2, -0.15) is 0 Å². The number of ether oxygens (including phenoxy) is 1. The number of amides is 1. The van der Waals surface area contributed by atoms with E-state index in [-0.39, 0.29) is 11.5 Å². The summed E-state index contributed by atoms with van der Waals surface area (Å²) in [5.41, 5.74) is 2.01. The molecule has 28 heavy (non-hydrogen) atoms. The van der Waals surface area contributed by atoms with Gasteiger partial charge >= 0.3 is 5.97 Å². The summed E-state index contributed by atoms with van der Waals surface area (Å²) >= 11 is 5.98. The Morgan fingerprint density at radius 2 is 1.89 bits per heavy atom. The van der Waals surface area contributed by atoms with Crippen LogP contribution in [0.5, 0.6) is 0 Å². The number of anilines is 1. The van der Waals surface area contributed by atoms with Gasteiger partial charge in [0.15, 0.2) is 11.9 Å². The summed E-state index contributed by atoms with van der Waals surface area (Å²) in [5, 5.41) is 3.86. The molecule has 0 aliphatic carbocycles. The number of halogens is 1. The van der Waals surface area contributed by atoms with Gasteiger partial charge in [0, 0.05) is 27.2 Å². The first-order valence-electron chi connectivity index (χ1n) is 8.57. The van der Waals surface area contributed by atoms with Gasteiger partial charge in [0.1, 0.15) is 5.58 Å². The second-order valence-corrected chi connectivity index (χ2v) is 6.81. The lowest BCUT2D eigenvalue weighted by Gasteiger charge is -2.13. The maximum absolute atomic E-state index is 12.5. The lowest BCUT2D eigenvalue weighted by Crippen LogP contribution is -2.30. The summed E-state index contributed by atoms with van der Waals surface area (Å²) in [5.74, 6) is -1.36. The molecule has 0 saturated heterocycles. The number of nitrogens with one attached hydrogen (secondary N) is 1. The lowest BCUT2D eigenvalue weighted by molar-refractivity contribution is -0.123. The molecule has 1 amide bonds. The van der Waals surface area contributed by atoms with E-state index in [9.17, 15) is 14.4 Å². The Bertz CT molecular complexity index is 1090. The number of furan rings is 1. The fourth-order valence-corrected chi connectivity index (χ4v) is 2.89. The van der Waals surface area contributed by atoms with Crippen molar-refractivity contribution in [3.63, 3.8) is 0 Å². The summed E-state index contributed by atoms with van der Waals surface area (Å²) in [4.78, 5) is 36.2. The number of hydrogen-bond donors (Lipinski definition) is 1. The zero-order valence-corrected chi connectivity index (χ0v) is 16.3. The Labute approximate surface area is 166 Å². The Kier molecular flexibility index (Phi) is 5.51. The number of ketones is 1. The molecule has 144 valence electrons. The molecule has 3 rings (SSSR count). The average molecular weight is 400 g/mol. The van der Waals surface area contributed by atoms with Crippen LogP contribution in [0.4, 0.5) is 5.69 Å². The number of fused-ring (bicyclic) bond motifs is 1. The van der Waals surface area contributed by atoms with Crippen LogP contribution >= 0.6 is 11.6 Å². The number of benzene rings is 2. The molecule has 1 unspecified atom stereocenters. The van der Waals surface area contributed by atoms with Crippen LogP contribution in [-0.4, -0.2) is 23.8 Å². The molecular formula is C21H18ClNO5. The highest BCUT2D eigenvalue weighted by atomic mass is 35.5. The quantitative estimate of drug-likeness (QED) is 0.492. The second kappa shape index (κ2) is 7.86. The topological polar surface area (TPSA) is 85.6 Å². The van der Waals surface area contributed by atoms with E-state index in [2.05, 4.69) is 5.32 Å². The zero-order valence-electron chi connectivity index (χ0n) is 15.5. The van der Waals surface area contributed by atoms with Gasteiger partial charge < -0.3 is 14.5 Å². The van der Waals surface area contributed by atoms with Crippen LogP contribution < -0.4 is 5.32 Å². The Morgan fingerprint density at radius 3 is 2.61 bits per heavy atom. The summed E-state index contributed by atoms with van der Waals surface area (Å²) in [6, 6.07) is 11.5. The monoisotopic (exact) mass is 399 g/mol. The van der Waals surface area contributed by atoms with Crippen molar-refractivity contribution in [2.75, 3.05) is 5.32 Å². The lowest BCUT2D eigenvalue weighted by atomic mass is 10.1. The first-order valence-corrected chi connectivity index (χ1v) is 8.95. The highest BCUT2D eigenvalue weighted by molar-refractivity contribution is 6.31. The number of aryl methyl sites for hydroxylation is 1. The maximum atomic E-state index is 12.5. The minimum Gasteiger partial charge on any atom is -0.449 e. The molecule has 2 aromatic carbocycles. The molecule has 1 N–H and O–H groups in total. The SMILES string of the molecule is CC(=O)c1cccc(NC(=O)C(C)OC(=O)c2oc3ccc(Cl)cc3c2C)c1. The van der Waals surface area contributed by atoms with Crippen molar-refractivity contribution in [1.29, 1.82) is 0 Å². The third-order valence-electron chi connectivity index (χ3n) is 4.27. The summed E-state index contributed by atoms with van der Waals surface area (Å²) in [6.45, 7) is 4.61. The predicted octanol–water partition coefficient (Wildman–Crippen LogP) is 4.78. The fraction of sp³-hybridized carbons (Fsp3) is 0.190. The smallest absolute Gasteiger partial charge is 0.375 e. The number of hydrogen-bond acceptors (Lipinski definition) is 5. The number of rotatable bonds is 5. The second-order valence-electron chi connectivity index (χ2n) is 6.37. The van der Waals surface area contributed by atoms with E-state index in [1.165, 1.54) is 13.8 Å². The molecule has 3 aromatic rings. The molecule has 0 radical (unpaired) electrons. The van der Waals surface area contributed by atoms with Crippen molar-refractivity contribution in [3.8, 4) is 0 Å². The molecule has 6 nitrogen and oxygen atoms in total. The molecule has 0 saturated carbocycles. The zero-order chi connectivity index (χ0) is 20.4. The van der Waals surface area contributed by atoms with Gasteiger partial charge in [-0.3, -0.25) is 9.59 Å².